The van der Waals surface area contributed by atoms with Crippen molar-refractivity contribution in [1.29, 1.82) is 0 Å². The van der Waals surface area contributed by atoms with Gasteiger partial charge in [0.25, 0.3) is 0 Å². The van der Waals surface area contributed by atoms with Crippen molar-refractivity contribution in [1.82, 2.24) is 10.2 Å². The van der Waals surface area contributed by atoms with Gasteiger partial charge in [0.2, 0.25) is 5.91 Å². The Bertz CT molecular complexity index is 625. The Morgan fingerprint density at radius 1 is 1.27 bits per heavy atom. The van der Waals surface area contributed by atoms with Crippen molar-refractivity contribution in [2.24, 2.45) is 0 Å². The number of hydrogen-bond acceptors (Lipinski definition) is 3. The molecule has 3 nitrogen and oxygen atoms in total. The van der Waals surface area contributed by atoms with Crippen LogP contribution in [-0.4, -0.2) is 23.4 Å². The molecule has 0 spiro atoms. The minimum absolute atomic E-state index is 0.00311. The topological polar surface area (TPSA) is 32.3 Å². The lowest BCUT2D eigenvalue weighted by Crippen LogP contribution is -2.37. The van der Waals surface area contributed by atoms with Crippen molar-refractivity contribution in [3.8, 4) is 0 Å². The van der Waals surface area contributed by atoms with Gasteiger partial charge in [-0.05, 0) is 30.4 Å². The van der Waals surface area contributed by atoms with Gasteiger partial charge in [-0.25, -0.2) is 4.39 Å². The van der Waals surface area contributed by atoms with E-state index in [1.807, 2.05) is 23.6 Å². The molecule has 0 saturated heterocycles. The van der Waals surface area contributed by atoms with Gasteiger partial charge < -0.3 is 5.32 Å². The van der Waals surface area contributed by atoms with Crippen LogP contribution in [0.15, 0.2) is 41.8 Å². The fourth-order valence-electron chi connectivity index (χ4n) is 2.44. The van der Waals surface area contributed by atoms with Gasteiger partial charge in [-0.3, -0.25) is 9.69 Å². The van der Waals surface area contributed by atoms with Gasteiger partial charge in [0, 0.05) is 23.0 Å². The summed E-state index contributed by atoms with van der Waals surface area (Å²) >= 11 is 1.63. The molecule has 1 fully saturated rings. The molecule has 0 bridgehead atoms. The first-order valence-electron chi connectivity index (χ1n) is 7.49. The van der Waals surface area contributed by atoms with Gasteiger partial charge in [0.05, 0.1) is 13.1 Å². The Hall–Kier alpha value is -1.72. The summed E-state index contributed by atoms with van der Waals surface area (Å²) in [6.45, 7) is 1.38. The quantitative estimate of drug-likeness (QED) is 0.850. The van der Waals surface area contributed by atoms with Crippen LogP contribution in [0.1, 0.15) is 23.3 Å². The molecule has 1 heterocycles. The molecule has 0 atom stereocenters. The van der Waals surface area contributed by atoms with Crippen molar-refractivity contribution in [2.75, 3.05) is 6.54 Å². The first-order chi connectivity index (χ1) is 10.7. The number of halogens is 1. The highest BCUT2D eigenvalue weighted by atomic mass is 32.1. The van der Waals surface area contributed by atoms with Crippen LogP contribution in [0.4, 0.5) is 4.39 Å². The zero-order valence-corrected chi connectivity index (χ0v) is 13.1. The van der Waals surface area contributed by atoms with Crippen LogP contribution in [0.5, 0.6) is 0 Å². The molecule has 3 rings (SSSR count). The number of thiophene rings is 1. The van der Waals surface area contributed by atoms with Gasteiger partial charge >= 0.3 is 0 Å². The summed E-state index contributed by atoms with van der Waals surface area (Å²) in [6.07, 6.45) is 2.18. The summed E-state index contributed by atoms with van der Waals surface area (Å²) in [6, 6.07) is 11.2. The molecule has 1 aromatic carbocycles. The molecule has 1 aliphatic rings. The maximum Gasteiger partial charge on any atom is 0.234 e. The summed E-state index contributed by atoms with van der Waals surface area (Å²) in [4.78, 5) is 15.3. The molecule has 1 amide bonds. The second-order valence-electron chi connectivity index (χ2n) is 5.58. The Labute approximate surface area is 133 Å². The third-order valence-electron chi connectivity index (χ3n) is 3.78. The normalized spacial score (nSPS) is 14.3. The summed E-state index contributed by atoms with van der Waals surface area (Å²) in [5, 5.41) is 4.93. The highest BCUT2D eigenvalue weighted by Crippen LogP contribution is 2.28. The molecule has 22 heavy (non-hydrogen) atoms. The molecule has 2 aromatic rings. The minimum Gasteiger partial charge on any atom is -0.350 e. The van der Waals surface area contributed by atoms with Gasteiger partial charge in [0.1, 0.15) is 5.82 Å². The summed E-state index contributed by atoms with van der Waals surface area (Å²) in [5.41, 5.74) is 0.653. The summed E-state index contributed by atoms with van der Waals surface area (Å²) in [7, 11) is 0. The predicted octanol–water partition coefficient (Wildman–Crippen LogP) is 3.17. The third kappa shape index (κ3) is 4.15. The van der Waals surface area contributed by atoms with Crippen molar-refractivity contribution in [3.05, 3.63) is 58.0 Å². The standard InChI is InChI=1S/C17H19FN2OS/c18-16-6-2-1-4-13(16)11-20(14-7-8-14)12-17(21)19-10-15-5-3-9-22-15/h1-6,9,14H,7-8,10-12H2,(H,19,21). The minimum atomic E-state index is -0.202. The van der Waals surface area contributed by atoms with E-state index in [9.17, 15) is 9.18 Å². The van der Waals surface area contributed by atoms with Crippen LogP contribution in [-0.2, 0) is 17.9 Å². The molecule has 116 valence electrons. The van der Waals surface area contributed by atoms with Crippen molar-refractivity contribution in [3.63, 3.8) is 0 Å². The molecule has 0 unspecified atom stereocenters. The van der Waals surface area contributed by atoms with Gasteiger partial charge in [-0.15, -0.1) is 11.3 Å². The molecule has 1 saturated carbocycles. The van der Waals surface area contributed by atoms with E-state index >= 15 is 0 Å². The number of carbonyl (C=O) groups is 1. The second kappa shape index (κ2) is 7.03. The fraction of sp³-hybridized carbons (Fsp3) is 0.353. The van der Waals surface area contributed by atoms with Gasteiger partial charge in [-0.2, -0.15) is 0 Å². The maximum absolute atomic E-state index is 13.8. The lowest BCUT2D eigenvalue weighted by molar-refractivity contribution is -0.122. The molecule has 0 radical (unpaired) electrons. The summed E-state index contributed by atoms with van der Waals surface area (Å²) in [5.74, 6) is -0.205. The number of hydrogen-bond donors (Lipinski definition) is 1. The number of rotatable bonds is 7. The van der Waals surface area contributed by atoms with Crippen LogP contribution >= 0.6 is 11.3 Å². The maximum atomic E-state index is 13.8. The average molecular weight is 318 g/mol. The Morgan fingerprint density at radius 3 is 2.77 bits per heavy atom. The lowest BCUT2D eigenvalue weighted by Gasteiger charge is -2.21. The molecule has 5 heteroatoms. The van der Waals surface area contributed by atoms with E-state index in [4.69, 9.17) is 0 Å². The fourth-order valence-corrected chi connectivity index (χ4v) is 3.08. The highest BCUT2D eigenvalue weighted by molar-refractivity contribution is 7.09. The monoisotopic (exact) mass is 318 g/mol. The van der Waals surface area contributed by atoms with Gasteiger partial charge in [-0.1, -0.05) is 24.3 Å². The van der Waals surface area contributed by atoms with Gasteiger partial charge in [0.15, 0.2) is 0 Å². The van der Waals surface area contributed by atoms with E-state index in [0.29, 0.717) is 31.2 Å². The zero-order chi connectivity index (χ0) is 15.4. The van der Waals surface area contributed by atoms with Crippen LogP contribution in [0.3, 0.4) is 0 Å². The molecule has 0 aliphatic heterocycles. The molecule has 1 N–H and O–H groups in total. The third-order valence-corrected chi connectivity index (χ3v) is 4.66. The summed E-state index contributed by atoms with van der Waals surface area (Å²) < 4.78 is 13.8. The largest absolute Gasteiger partial charge is 0.350 e. The van der Waals surface area contributed by atoms with E-state index in [-0.39, 0.29) is 11.7 Å². The number of carbonyl (C=O) groups excluding carboxylic acids is 1. The molecular weight excluding hydrogens is 299 g/mol. The van der Waals surface area contributed by atoms with Crippen LogP contribution in [0, 0.1) is 5.82 Å². The first-order valence-corrected chi connectivity index (χ1v) is 8.37. The Morgan fingerprint density at radius 2 is 2.09 bits per heavy atom. The molecular formula is C17H19FN2OS. The van der Waals surface area contributed by atoms with E-state index < -0.39 is 0 Å². The smallest absolute Gasteiger partial charge is 0.234 e. The van der Waals surface area contributed by atoms with E-state index in [0.717, 1.165) is 17.7 Å². The average Bonchev–Trinajstić information content (AvgIpc) is 3.23. The number of benzene rings is 1. The number of nitrogens with zero attached hydrogens (tertiary/aromatic N) is 1. The predicted molar refractivity (Wildman–Crippen MR) is 86.0 cm³/mol. The molecule has 1 aromatic heterocycles. The van der Waals surface area contributed by atoms with E-state index in [1.54, 1.807) is 23.5 Å². The van der Waals surface area contributed by atoms with E-state index in [2.05, 4.69) is 10.2 Å². The van der Waals surface area contributed by atoms with E-state index in [1.165, 1.54) is 6.07 Å². The number of nitrogens with one attached hydrogen (secondary N) is 1. The second-order valence-corrected chi connectivity index (χ2v) is 6.62. The lowest BCUT2D eigenvalue weighted by atomic mass is 10.2. The zero-order valence-electron chi connectivity index (χ0n) is 12.3. The number of amides is 1. The Balaban J connectivity index is 1.55. The van der Waals surface area contributed by atoms with Crippen LogP contribution in [0.25, 0.3) is 0 Å². The Kier molecular flexibility index (Phi) is 4.85. The van der Waals surface area contributed by atoms with Crippen LogP contribution < -0.4 is 5.32 Å². The van der Waals surface area contributed by atoms with Crippen molar-refractivity contribution < 1.29 is 9.18 Å². The highest BCUT2D eigenvalue weighted by Gasteiger charge is 2.30. The SMILES string of the molecule is O=C(CN(Cc1ccccc1F)C1CC1)NCc1cccs1. The van der Waals surface area contributed by atoms with Crippen LogP contribution in [0.2, 0.25) is 0 Å². The molecule has 1 aliphatic carbocycles. The van der Waals surface area contributed by atoms with Crippen molar-refractivity contribution in [2.45, 2.75) is 32.0 Å². The van der Waals surface area contributed by atoms with Crippen molar-refractivity contribution >= 4 is 17.2 Å². The first kappa shape index (κ1) is 15.2.